The number of hydrogen-bond donors (Lipinski definition) is 1. The fourth-order valence-corrected chi connectivity index (χ4v) is 1.41. The van der Waals surface area contributed by atoms with Crippen molar-refractivity contribution >= 4 is 10.8 Å². The fourth-order valence-electron chi connectivity index (χ4n) is 1.41. The van der Waals surface area contributed by atoms with E-state index in [1.807, 2.05) is 19.1 Å². The molecule has 0 saturated carbocycles. The first-order chi connectivity index (χ1) is 6.18. The average molecular weight is 176 g/mol. The largest absolute Gasteiger partial charge is 0.504 e. The van der Waals surface area contributed by atoms with E-state index in [9.17, 15) is 9.50 Å². The van der Waals surface area contributed by atoms with Crippen LogP contribution in [-0.2, 0) is 0 Å². The maximum atomic E-state index is 12.9. The molecule has 13 heavy (non-hydrogen) atoms. The zero-order chi connectivity index (χ0) is 9.42. The van der Waals surface area contributed by atoms with Gasteiger partial charge in [0.2, 0.25) is 0 Å². The van der Waals surface area contributed by atoms with E-state index in [1.165, 1.54) is 6.07 Å². The van der Waals surface area contributed by atoms with Gasteiger partial charge >= 0.3 is 0 Å². The Morgan fingerprint density at radius 3 is 2.69 bits per heavy atom. The number of phenols is 1. The normalized spacial score (nSPS) is 10.6. The first-order valence-electron chi connectivity index (χ1n) is 4.06. The Morgan fingerprint density at radius 1 is 1.15 bits per heavy atom. The minimum atomic E-state index is -0.573. The summed E-state index contributed by atoms with van der Waals surface area (Å²) in [4.78, 5) is 0. The van der Waals surface area contributed by atoms with Gasteiger partial charge < -0.3 is 5.11 Å². The van der Waals surface area contributed by atoms with Crippen LogP contribution in [0.3, 0.4) is 0 Å². The predicted molar refractivity (Wildman–Crippen MR) is 50.3 cm³/mol. The molecule has 0 aliphatic carbocycles. The van der Waals surface area contributed by atoms with Crippen molar-refractivity contribution in [2.45, 2.75) is 6.92 Å². The molecule has 2 rings (SSSR count). The molecular formula is C11H9FO. The summed E-state index contributed by atoms with van der Waals surface area (Å²) in [5.41, 5.74) is 1.10. The fraction of sp³-hybridized carbons (Fsp3) is 0.0909. The molecule has 0 amide bonds. The van der Waals surface area contributed by atoms with Crippen molar-refractivity contribution < 1.29 is 9.50 Å². The standard InChI is InChI=1S/C11H9FO/c1-7-2-4-9-8(6-7)3-5-10(12)11(9)13/h2-6,13H,1H3. The lowest BCUT2D eigenvalue weighted by atomic mass is 10.1. The van der Waals surface area contributed by atoms with Crippen LogP contribution in [0.5, 0.6) is 5.75 Å². The Morgan fingerprint density at radius 2 is 1.92 bits per heavy atom. The van der Waals surface area contributed by atoms with Gasteiger partial charge in [0.15, 0.2) is 11.6 Å². The van der Waals surface area contributed by atoms with Crippen molar-refractivity contribution in [3.05, 3.63) is 41.7 Å². The third-order valence-corrected chi connectivity index (χ3v) is 2.10. The van der Waals surface area contributed by atoms with Crippen LogP contribution < -0.4 is 0 Å². The van der Waals surface area contributed by atoms with Gasteiger partial charge in [-0.25, -0.2) is 4.39 Å². The van der Waals surface area contributed by atoms with Crippen LogP contribution in [0, 0.1) is 12.7 Å². The van der Waals surface area contributed by atoms with E-state index >= 15 is 0 Å². The molecule has 0 atom stereocenters. The van der Waals surface area contributed by atoms with Gasteiger partial charge in [-0.1, -0.05) is 29.8 Å². The SMILES string of the molecule is Cc1ccc2c(O)c(F)ccc2c1. The second-order valence-corrected chi connectivity index (χ2v) is 3.12. The molecule has 0 spiro atoms. The van der Waals surface area contributed by atoms with Crippen LogP contribution in [0.4, 0.5) is 4.39 Å². The van der Waals surface area contributed by atoms with Crippen LogP contribution in [0.2, 0.25) is 0 Å². The predicted octanol–water partition coefficient (Wildman–Crippen LogP) is 2.99. The second kappa shape index (κ2) is 2.73. The van der Waals surface area contributed by atoms with E-state index in [4.69, 9.17) is 0 Å². The van der Waals surface area contributed by atoms with E-state index in [1.54, 1.807) is 12.1 Å². The van der Waals surface area contributed by atoms with Gasteiger partial charge in [-0.3, -0.25) is 0 Å². The van der Waals surface area contributed by atoms with Crippen molar-refractivity contribution in [1.29, 1.82) is 0 Å². The van der Waals surface area contributed by atoms with Crippen LogP contribution in [0.1, 0.15) is 5.56 Å². The van der Waals surface area contributed by atoms with Gasteiger partial charge in [0.25, 0.3) is 0 Å². The van der Waals surface area contributed by atoms with Gasteiger partial charge in [0, 0.05) is 5.39 Å². The number of hydrogen-bond acceptors (Lipinski definition) is 1. The maximum Gasteiger partial charge on any atom is 0.165 e. The minimum Gasteiger partial charge on any atom is -0.504 e. The molecule has 0 radical (unpaired) electrons. The molecule has 0 aliphatic rings. The van der Waals surface area contributed by atoms with Gasteiger partial charge in [-0.15, -0.1) is 0 Å². The average Bonchev–Trinajstić information content (AvgIpc) is 2.12. The van der Waals surface area contributed by atoms with Crippen molar-refractivity contribution in [2.75, 3.05) is 0 Å². The van der Waals surface area contributed by atoms with E-state index in [2.05, 4.69) is 0 Å². The highest BCUT2D eigenvalue weighted by Crippen LogP contribution is 2.27. The summed E-state index contributed by atoms with van der Waals surface area (Å²) < 4.78 is 12.9. The lowest BCUT2D eigenvalue weighted by molar-refractivity contribution is 0.439. The number of fused-ring (bicyclic) bond motifs is 1. The zero-order valence-corrected chi connectivity index (χ0v) is 7.21. The Balaban J connectivity index is 2.87. The smallest absolute Gasteiger partial charge is 0.165 e. The quantitative estimate of drug-likeness (QED) is 0.654. The summed E-state index contributed by atoms with van der Waals surface area (Å²) in [6.07, 6.45) is 0. The zero-order valence-electron chi connectivity index (χ0n) is 7.21. The summed E-state index contributed by atoms with van der Waals surface area (Å²) in [6, 6.07) is 8.42. The Kier molecular flexibility index (Phi) is 1.69. The van der Waals surface area contributed by atoms with Gasteiger partial charge in [-0.2, -0.15) is 0 Å². The van der Waals surface area contributed by atoms with Crippen molar-refractivity contribution in [3.8, 4) is 5.75 Å². The molecule has 0 fully saturated rings. The number of aryl methyl sites for hydroxylation is 1. The highest BCUT2D eigenvalue weighted by atomic mass is 19.1. The highest BCUT2D eigenvalue weighted by Gasteiger charge is 2.04. The minimum absolute atomic E-state index is 0.266. The van der Waals surface area contributed by atoms with E-state index < -0.39 is 5.82 Å². The molecule has 1 nitrogen and oxygen atoms in total. The number of benzene rings is 2. The Hall–Kier alpha value is -1.57. The topological polar surface area (TPSA) is 20.2 Å². The first-order valence-corrected chi connectivity index (χ1v) is 4.06. The lowest BCUT2D eigenvalue weighted by Gasteiger charge is -2.02. The molecule has 0 heterocycles. The lowest BCUT2D eigenvalue weighted by Crippen LogP contribution is -1.80. The molecule has 0 saturated heterocycles. The van der Waals surface area contributed by atoms with E-state index in [0.29, 0.717) is 5.39 Å². The molecular weight excluding hydrogens is 167 g/mol. The van der Waals surface area contributed by atoms with Crippen LogP contribution in [0.15, 0.2) is 30.3 Å². The van der Waals surface area contributed by atoms with Gasteiger partial charge in [0.1, 0.15) is 0 Å². The third kappa shape index (κ3) is 1.24. The molecule has 66 valence electrons. The number of halogens is 1. The number of phenolic OH excluding ortho intramolecular Hbond substituents is 1. The van der Waals surface area contributed by atoms with Crippen molar-refractivity contribution in [3.63, 3.8) is 0 Å². The summed E-state index contributed by atoms with van der Waals surface area (Å²) >= 11 is 0. The number of aromatic hydroxyl groups is 1. The maximum absolute atomic E-state index is 12.9. The van der Waals surface area contributed by atoms with E-state index in [0.717, 1.165) is 10.9 Å². The summed E-state index contributed by atoms with van der Waals surface area (Å²) in [5.74, 6) is -0.839. The Labute approximate surface area is 75.4 Å². The van der Waals surface area contributed by atoms with Gasteiger partial charge in [-0.05, 0) is 18.4 Å². The van der Waals surface area contributed by atoms with Crippen LogP contribution in [0.25, 0.3) is 10.8 Å². The number of rotatable bonds is 0. The Bertz CT molecular complexity index is 463. The molecule has 0 aliphatic heterocycles. The molecule has 0 bridgehead atoms. The van der Waals surface area contributed by atoms with Gasteiger partial charge in [0.05, 0.1) is 0 Å². The molecule has 2 heteroatoms. The highest BCUT2D eigenvalue weighted by molar-refractivity contribution is 5.88. The summed E-state index contributed by atoms with van der Waals surface area (Å²) in [5, 5.41) is 10.8. The van der Waals surface area contributed by atoms with Crippen LogP contribution in [-0.4, -0.2) is 5.11 Å². The molecule has 2 aromatic carbocycles. The van der Waals surface area contributed by atoms with E-state index in [-0.39, 0.29) is 5.75 Å². The second-order valence-electron chi connectivity index (χ2n) is 3.12. The first kappa shape index (κ1) is 8.05. The van der Waals surface area contributed by atoms with Crippen molar-refractivity contribution in [2.24, 2.45) is 0 Å². The molecule has 2 aromatic rings. The van der Waals surface area contributed by atoms with Crippen molar-refractivity contribution in [1.82, 2.24) is 0 Å². The molecule has 0 aromatic heterocycles. The molecule has 0 unspecified atom stereocenters. The monoisotopic (exact) mass is 176 g/mol. The summed E-state index contributed by atoms with van der Waals surface area (Å²) in [7, 11) is 0. The van der Waals surface area contributed by atoms with Crippen LogP contribution >= 0.6 is 0 Å². The molecule has 1 N–H and O–H groups in total. The summed E-state index contributed by atoms with van der Waals surface area (Å²) in [6.45, 7) is 1.96. The third-order valence-electron chi connectivity index (χ3n) is 2.10.